The van der Waals surface area contributed by atoms with E-state index in [2.05, 4.69) is 15.6 Å². The number of nitro groups is 1. The van der Waals surface area contributed by atoms with Crippen LogP contribution in [0.2, 0.25) is 5.02 Å². The number of benzene rings is 1. The fourth-order valence-corrected chi connectivity index (χ4v) is 1.88. The van der Waals surface area contributed by atoms with Gasteiger partial charge in [0.1, 0.15) is 5.02 Å². The van der Waals surface area contributed by atoms with Gasteiger partial charge in [0.05, 0.1) is 16.8 Å². The molecule has 0 saturated carbocycles. The summed E-state index contributed by atoms with van der Waals surface area (Å²) in [6.07, 6.45) is 3.25. The van der Waals surface area contributed by atoms with E-state index in [1.54, 1.807) is 30.6 Å². The van der Waals surface area contributed by atoms with E-state index in [1.165, 1.54) is 12.1 Å². The highest BCUT2D eigenvalue weighted by molar-refractivity contribution is 7.80. The van der Waals surface area contributed by atoms with Gasteiger partial charge in [-0.05, 0) is 36.5 Å². The lowest BCUT2D eigenvalue weighted by Crippen LogP contribution is -2.19. The second kappa shape index (κ2) is 6.27. The first-order valence-corrected chi connectivity index (χ1v) is 6.27. The molecule has 20 heavy (non-hydrogen) atoms. The first-order valence-electron chi connectivity index (χ1n) is 5.48. The van der Waals surface area contributed by atoms with Crippen LogP contribution >= 0.6 is 23.8 Å². The molecule has 2 rings (SSSR count). The fourth-order valence-electron chi connectivity index (χ4n) is 1.46. The van der Waals surface area contributed by atoms with Crippen molar-refractivity contribution in [1.29, 1.82) is 0 Å². The van der Waals surface area contributed by atoms with Crippen molar-refractivity contribution < 1.29 is 4.92 Å². The number of halogens is 1. The Morgan fingerprint density at radius 3 is 2.70 bits per heavy atom. The third kappa shape index (κ3) is 3.62. The Morgan fingerprint density at radius 2 is 2.05 bits per heavy atom. The summed E-state index contributed by atoms with van der Waals surface area (Å²) in [5.74, 6) is 0. The molecule has 1 aromatic carbocycles. The summed E-state index contributed by atoms with van der Waals surface area (Å²) >= 11 is 10.8. The number of pyridine rings is 1. The highest BCUT2D eigenvalue weighted by Gasteiger charge is 2.13. The number of nitrogens with one attached hydrogen (secondary N) is 2. The largest absolute Gasteiger partial charge is 0.332 e. The van der Waals surface area contributed by atoms with Crippen LogP contribution in [0.15, 0.2) is 42.7 Å². The molecule has 0 saturated heterocycles. The zero-order chi connectivity index (χ0) is 14.5. The zero-order valence-corrected chi connectivity index (χ0v) is 11.6. The minimum atomic E-state index is -0.550. The summed E-state index contributed by atoms with van der Waals surface area (Å²) in [6.45, 7) is 0. The van der Waals surface area contributed by atoms with E-state index in [4.69, 9.17) is 23.8 Å². The van der Waals surface area contributed by atoms with Gasteiger partial charge in [-0.2, -0.15) is 0 Å². The Bertz CT molecular complexity index is 651. The highest BCUT2D eigenvalue weighted by Crippen LogP contribution is 2.27. The topological polar surface area (TPSA) is 80.1 Å². The van der Waals surface area contributed by atoms with E-state index >= 15 is 0 Å². The van der Waals surface area contributed by atoms with Gasteiger partial charge in [0.15, 0.2) is 5.11 Å². The Morgan fingerprint density at radius 1 is 1.30 bits per heavy atom. The second-order valence-corrected chi connectivity index (χ2v) is 4.56. The number of nitrogens with zero attached hydrogens (tertiary/aromatic N) is 2. The van der Waals surface area contributed by atoms with Gasteiger partial charge in [0.25, 0.3) is 5.69 Å². The van der Waals surface area contributed by atoms with Gasteiger partial charge in [-0.25, -0.2) is 0 Å². The Balaban J connectivity index is 2.08. The van der Waals surface area contributed by atoms with E-state index in [0.29, 0.717) is 16.5 Å². The fraction of sp³-hybridized carbons (Fsp3) is 0. The lowest BCUT2D eigenvalue weighted by molar-refractivity contribution is -0.384. The van der Waals surface area contributed by atoms with Crippen LogP contribution in [0, 0.1) is 10.1 Å². The Kier molecular flexibility index (Phi) is 4.44. The van der Waals surface area contributed by atoms with E-state index in [1.807, 2.05) is 0 Å². The van der Waals surface area contributed by atoms with E-state index in [-0.39, 0.29) is 10.7 Å². The molecule has 102 valence electrons. The first kappa shape index (κ1) is 14.2. The van der Waals surface area contributed by atoms with Gasteiger partial charge < -0.3 is 10.6 Å². The van der Waals surface area contributed by atoms with Crippen LogP contribution in [0.5, 0.6) is 0 Å². The molecule has 0 aliphatic rings. The Labute approximate surface area is 124 Å². The lowest BCUT2D eigenvalue weighted by Gasteiger charge is -2.10. The smallest absolute Gasteiger partial charge is 0.289 e. The van der Waals surface area contributed by atoms with Crippen molar-refractivity contribution >= 4 is 46.0 Å². The minimum absolute atomic E-state index is 0.0756. The molecule has 0 aliphatic heterocycles. The molecule has 0 spiro atoms. The van der Waals surface area contributed by atoms with Crippen molar-refractivity contribution in [2.75, 3.05) is 10.6 Å². The van der Waals surface area contributed by atoms with Crippen molar-refractivity contribution in [3.8, 4) is 0 Å². The zero-order valence-electron chi connectivity index (χ0n) is 10.0. The van der Waals surface area contributed by atoms with Crippen molar-refractivity contribution in [1.82, 2.24) is 4.98 Å². The molecule has 0 bridgehead atoms. The molecular weight excluding hydrogens is 300 g/mol. The summed E-state index contributed by atoms with van der Waals surface area (Å²) < 4.78 is 0. The second-order valence-electron chi connectivity index (χ2n) is 3.74. The number of hydrogen-bond donors (Lipinski definition) is 2. The Hall–Kier alpha value is -2.25. The molecule has 8 heteroatoms. The lowest BCUT2D eigenvalue weighted by atomic mass is 10.3. The standard InChI is InChI=1S/C12H9ClN4O2S/c13-10-4-3-8(6-11(10)17(18)19)15-12(20)16-9-2-1-5-14-7-9/h1-7H,(H2,15,16,20). The molecule has 0 amide bonds. The first-order chi connectivity index (χ1) is 9.56. The molecule has 1 aromatic heterocycles. The molecule has 2 aromatic rings. The third-order valence-electron chi connectivity index (χ3n) is 2.32. The SMILES string of the molecule is O=[N+]([O-])c1cc(NC(=S)Nc2cccnc2)ccc1Cl. The van der Waals surface area contributed by atoms with Gasteiger partial charge in [-0.1, -0.05) is 11.6 Å². The van der Waals surface area contributed by atoms with Crippen LogP contribution in [-0.4, -0.2) is 15.0 Å². The van der Waals surface area contributed by atoms with Gasteiger partial charge in [-0.15, -0.1) is 0 Å². The maximum absolute atomic E-state index is 10.8. The monoisotopic (exact) mass is 308 g/mol. The molecule has 0 aliphatic carbocycles. The van der Waals surface area contributed by atoms with Crippen LogP contribution in [0.4, 0.5) is 17.1 Å². The number of aromatic nitrogens is 1. The average Bonchev–Trinajstić information content (AvgIpc) is 2.41. The summed E-state index contributed by atoms with van der Waals surface area (Å²) in [4.78, 5) is 14.2. The van der Waals surface area contributed by atoms with Crippen LogP contribution in [0.3, 0.4) is 0 Å². The number of anilines is 2. The predicted octanol–water partition coefficient (Wildman–Crippen LogP) is 3.45. The summed E-state index contributed by atoms with van der Waals surface area (Å²) in [6, 6.07) is 7.92. The normalized spacial score (nSPS) is 9.85. The number of nitro benzene ring substituents is 1. The summed E-state index contributed by atoms with van der Waals surface area (Å²) in [5.41, 5.74) is 1.01. The van der Waals surface area contributed by atoms with Gasteiger partial charge in [0, 0.05) is 18.0 Å². The van der Waals surface area contributed by atoms with Crippen molar-refractivity contribution in [2.24, 2.45) is 0 Å². The molecule has 2 N–H and O–H groups in total. The van der Waals surface area contributed by atoms with Crippen LogP contribution in [0.25, 0.3) is 0 Å². The van der Waals surface area contributed by atoms with E-state index in [0.717, 1.165) is 0 Å². The van der Waals surface area contributed by atoms with Crippen molar-refractivity contribution in [2.45, 2.75) is 0 Å². The van der Waals surface area contributed by atoms with E-state index in [9.17, 15) is 10.1 Å². The van der Waals surface area contributed by atoms with Crippen molar-refractivity contribution in [3.63, 3.8) is 0 Å². The van der Waals surface area contributed by atoms with Crippen LogP contribution in [0.1, 0.15) is 0 Å². The minimum Gasteiger partial charge on any atom is -0.332 e. The van der Waals surface area contributed by atoms with Crippen LogP contribution < -0.4 is 10.6 Å². The summed E-state index contributed by atoms with van der Waals surface area (Å²) in [5, 5.41) is 16.9. The molecule has 0 radical (unpaired) electrons. The van der Waals surface area contributed by atoms with Gasteiger partial charge in [-0.3, -0.25) is 15.1 Å². The third-order valence-corrected chi connectivity index (χ3v) is 2.84. The van der Waals surface area contributed by atoms with Crippen LogP contribution in [-0.2, 0) is 0 Å². The maximum Gasteiger partial charge on any atom is 0.289 e. The number of thiocarbonyl (C=S) groups is 1. The molecule has 0 atom stereocenters. The number of rotatable bonds is 3. The number of hydrogen-bond acceptors (Lipinski definition) is 4. The quantitative estimate of drug-likeness (QED) is 0.513. The molecule has 0 fully saturated rings. The average molecular weight is 309 g/mol. The molecule has 1 heterocycles. The molecule has 6 nitrogen and oxygen atoms in total. The van der Waals surface area contributed by atoms with Gasteiger partial charge >= 0.3 is 0 Å². The van der Waals surface area contributed by atoms with Crippen molar-refractivity contribution in [3.05, 3.63) is 57.9 Å². The maximum atomic E-state index is 10.8. The van der Waals surface area contributed by atoms with E-state index < -0.39 is 4.92 Å². The van der Waals surface area contributed by atoms with Gasteiger partial charge in [0.2, 0.25) is 0 Å². The summed E-state index contributed by atoms with van der Waals surface area (Å²) in [7, 11) is 0. The highest BCUT2D eigenvalue weighted by atomic mass is 35.5. The predicted molar refractivity (Wildman–Crippen MR) is 82.2 cm³/mol. The molecular formula is C12H9ClN4O2S. The molecule has 0 unspecified atom stereocenters.